The number of nitrogens with zero attached hydrogens (tertiary/aromatic N) is 1. The zero-order valence-electron chi connectivity index (χ0n) is 16.4. The van der Waals surface area contributed by atoms with Gasteiger partial charge in [0, 0.05) is 12.0 Å². The Morgan fingerprint density at radius 3 is 2.03 bits per heavy atom. The van der Waals surface area contributed by atoms with Gasteiger partial charge < -0.3 is 5.11 Å². The van der Waals surface area contributed by atoms with Crippen LogP contribution in [-0.2, 0) is 15.0 Å². The highest BCUT2D eigenvalue weighted by Crippen LogP contribution is 2.64. The second kappa shape index (κ2) is 6.02. The molecule has 1 aliphatic heterocycles. The zero-order chi connectivity index (χ0) is 19.8. The maximum atomic E-state index is 13.8. The number of imide groups is 1. The van der Waals surface area contributed by atoms with E-state index in [1.807, 2.05) is 36.4 Å². The fourth-order valence-corrected chi connectivity index (χ4v) is 6.92. The molecule has 0 unspecified atom stereocenters. The number of rotatable bonds is 2. The third-order valence-electron chi connectivity index (χ3n) is 8.02. The molecule has 5 aliphatic rings. The smallest absolute Gasteiger partial charge is 0.234 e. The van der Waals surface area contributed by atoms with E-state index < -0.39 is 17.3 Å². The lowest BCUT2D eigenvalue weighted by molar-refractivity contribution is -0.143. The van der Waals surface area contributed by atoms with Crippen LogP contribution >= 0.6 is 0 Å². The third-order valence-corrected chi connectivity index (χ3v) is 8.02. The maximum absolute atomic E-state index is 13.8. The number of benzene rings is 2. The molecule has 0 spiro atoms. The highest BCUT2D eigenvalue weighted by atomic mass is 16.3. The molecule has 148 valence electrons. The van der Waals surface area contributed by atoms with E-state index >= 15 is 0 Å². The van der Waals surface area contributed by atoms with Gasteiger partial charge in [0.1, 0.15) is 0 Å². The number of hydrogen-bond acceptors (Lipinski definition) is 3. The average Bonchev–Trinajstić information content (AvgIpc) is 3.05. The van der Waals surface area contributed by atoms with Crippen molar-refractivity contribution >= 4 is 11.8 Å². The molecule has 0 aromatic heterocycles. The van der Waals surface area contributed by atoms with Gasteiger partial charge in [0.05, 0.1) is 23.9 Å². The summed E-state index contributed by atoms with van der Waals surface area (Å²) in [5, 5.41) is 10.8. The van der Waals surface area contributed by atoms with Gasteiger partial charge in [0.25, 0.3) is 0 Å². The van der Waals surface area contributed by atoms with Gasteiger partial charge in [0.15, 0.2) is 0 Å². The van der Waals surface area contributed by atoms with E-state index in [9.17, 15) is 14.7 Å². The van der Waals surface area contributed by atoms with Crippen molar-refractivity contribution in [3.63, 3.8) is 0 Å². The summed E-state index contributed by atoms with van der Waals surface area (Å²) < 4.78 is 0. The maximum Gasteiger partial charge on any atom is 0.234 e. The van der Waals surface area contributed by atoms with Crippen LogP contribution in [0.1, 0.15) is 60.3 Å². The van der Waals surface area contributed by atoms with E-state index in [1.165, 1.54) is 6.42 Å². The predicted octanol–water partition coefficient (Wildman–Crippen LogP) is 3.36. The molecule has 1 heterocycles. The van der Waals surface area contributed by atoms with Crippen molar-refractivity contribution in [2.24, 2.45) is 11.8 Å². The van der Waals surface area contributed by atoms with Gasteiger partial charge in [-0.1, -0.05) is 67.8 Å². The Labute approximate surface area is 170 Å². The van der Waals surface area contributed by atoms with Crippen LogP contribution in [0.2, 0.25) is 0 Å². The summed E-state index contributed by atoms with van der Waals surface area (Å²) in [5.41, 5.74) is 3.43. The Morgan fingerprint density at radius 1 is 0.862 bits per heavy atom. The first-order valence-electron chi connectivity index (χ1n) is 10.9. The van der Waals surface area contributed by atoms with E-state index in [1.54, 1.807) is 4.90 Å². The lowest BCUT2D eigenvalue weighted by Crippen LogP contribution is -2.55. The molecule has 4 aliphatic carbocycles. The summed E-state index contributed by atoms with van der Waals surface area (Å²) in [4.78, 5) is 29.2. The summed E-state index contributed by atoms with van der Waals surface area (Å²) >= 11 is 0. The summed E-state index contributed by atoms with van der Waals surface area (Å²) in [7, 11) is 0. The monoisotopic (exact) mass is 387 g/mol. The SMILES string of the molecule is O=C1[C@@H]2C3c4ccccc4C(CO)(c4ccccc43)[C@@H]2C(=O)N1C1CCCCC1. The molecule has 1 N–H and O–H groups in total. The average molecular weight is 387 g/mol. The van der Waals surface area contributed by atoms with Crippen LogP contribution < -0.4 is 0 Å². The molecule has 7 rings (SSSR count). The van der Waals surface area contributed by atoms with Crippen molar-refractivity contribution < 1.29 is 14.7 Å². The van der Waals surface area contributed by atoms with Crippen molar-refractivity contribution in [1.82, 2.24) is 4.90 Å². The minimum absolute atomic E-state index is 0.0151. The first-order valence-corrected chi connectivity index (χ1v) is 10.9. The van der Waals surface area contributed by atoms with Crippen molar-refractivity contribution in [3.05, 3.63) is 70.8 Å². The van der Waals surface area contributed by atoms with E-state index in [-0.39, 0.29) is 30.4 Å². The molecule has 4 heteroatoms. The summed E-state index contributed by atoms with van der Waals surface area (Å²) in [6, 6.07) is 16.2. The predicted molar refractivity (Wildman–Crippen MR) is 108 cm³/mol. The van der Waals surface area contributed by atoms with E-state index in [0.29, 0.717) is 0 Å². The second-order valence-electron chi connectivity index (χ2n) is 9.12. The number of aliphatic hydroxyl groups is 1. The standard InChI is InChI=1S/C25H25NO3/c27-14-25-18-12-6-4-10-16(18)20(17-11-5-7-13-19(17)25)21-22(25)24(29)26(23(21)28)15-8-2-1-3-9-15/h4-7,10-13,15,20-22,27H,1-3,8-9,14H2/t20?,21-,22+,25?/m1/s1. The number of hydrogen-bond donors (Lipinski definition) is 1. The van der Waals surface area contributed by atoms with Crippen molar-refractivity contribution in [1.29, 1.82) is 0 Å². The molecule has 4 nitrogen and oxygen atoms in total. The fraction of sp³-hybridized carbons (Fsp3) is 0.440. The normalized spacial score (nSPS) is 32.9. The molecule has 2 atom stereocenters. The van der Waals surface area contributed by atoms with Crippen LogP contribution in [0.25, 0.3) is 0 Å². The molecule has 2 fully saturated rings. The Morgan fingerprint density at radius 2 is 1.45 bits per heavy atom. The van der Waals surface area contributed by atoms with Gasteiger partial charge >= 0.3 is 0 Å². The van der Waals surface area contributed by atoms with Gasteiger partial charge in [-0.05, 0) is 35.1 Å². The van der Waals surface area contributed by atoms with Crippen LogP contribution in [0, 0.1) is 11.8 Å². The van der Waals surface area contributed by atoms with Crippen LogP contribution in [0.5, 0.6) is 0 Å². The number of carbonyl (C=O) groups excluding carboxylic acids is 2. The highest BCUT2D eigenvalue weighted by molar-refractivity contribution is 6.08. The Hall–Kier alpha value is -2.46. The highest BCUT2D eigenvalue weighted by Gasteiger charge is 2.68. The van der Waals surface area contributed by atoms with Crippen LogP contribution in [0.15, 0.2) is 48.5 Å². The van der Waals surface area contributed by atoms with Crippen molar-refractivity contribution in [2.45, 2.75) is 49.5 Å². The summed E-state index contributed by atoms with van der Waals surface area (Å²) in [6.45, 7) is -0.160. The molecule has 2 bridgehead atoms. The van der Waals surface area contributed by atoms with E-state index in [0.717, 1.165) is 47.9 Å². The van der Waals surface area contributed by atoms with Gasteiger partial charge in [-0.15, -0.1) is 0 Å². The second-order valence-corrected chi connectivity index (χ2v) is 9.12. The lowest BCUT2D eigenvalue weighted by atomic mass is 9.47. The molecule has 2 amide bonds. The van der Waals surface area contributed by atoms with Crippen molar-refractivity contribution in [3.8, 4) is 0 Å². The van der Waals surface area contributed by atoms with E-state index in [2.05, 4.69) is 12.1 Å². The third kappa shape index (κ3) is 1.98. The van der Waals surface area contributed by atoms with Gasteiger partial charge in [-0.3, -0.25) is 14.5 Å². The minimum atomic E-state index is -0.831. The van der Waals surface area contributed by atoms with Gasteiger partial charge in [0.2, 0.25) is 11.8 Å². The minimum Gasteiger partial charge on any atom is -0.395 e. The van der Waals surface area contributed by atoms with Gasteiger partial charge in [-0.25, -0.2) is 0 Å². The zero-order valence-corrected chi connectivity index (χ0v) is 16.4. The Bertz CT molecular complexity index is 975. The van der Waals surface area contributed by atoms with Crippen LogP contribution in [0.3, 0.4) is 0 Å². The molecular formula is C25H25NO3. The number of amides is 2. The van der Waals surface area contributed by atoms with Crippen molar-refractivity contribution in [2.75, 3.05) is 6.61 Å². The van der Waals surface area contributed by atoms with Crippen LogP contribution in [0.4, 0.5) is 0 Å². The quantitative estimate of drug-likeness (QED) is 0.804. The first kappa shape index (κ1) is 17.4. The summed E-state index contributed by atoms with van der Waals surface area (Å²) in [6.07, 6.45) is 5.15. The molecule has 0 radical (unpaired) electrons. The van der Waals surface area contributed by atoms with Gasteiger partial charge in [-0.2, -0.15) is 0 Å². The summed E-state index contributed by atoms with van der Waals surface area (Å²) in [5.74, 6) is -1.09. The largest absolute Gasteiger partial charge is 0.395 e. The molecule has 2 aromatic carbocycles. The first-order chi connectivity index (χ1) is 14.2. The lowest BCUT2D eigenvalue weighted by Gasteiger charge is -2.53. The van der Waals surface area contributed by atoms with Crippen LogP contribution in [-0.4, -0.2) is 34.5 Å². The van der Waals surface area contributed by atoms with E-state index in [4.69, 9.17) is 0 Å². The molecule has 1 saturated heterocycles. The molecular weight excluding hydrogens is 362 g/mol. The molecule has 29 heavy (non-hydrogen) atoms. The molecule has 1 saturated carbocycles. The Balaban J connectivity index is 1.60. The Kier molecular flexibility index (Phi) is 3.61. The fourth-order valence-electron chi connectivity index (χ4n) is 6.92. The number of carbonyl (C=O) groups is 2. The number of likely N-dealkylation sites (tertiary alicyclic amines) is 1. The molecule has 2 aromatic rings. The topological polar surface area (TPSA) is 57.6 Å². The number of aliphatic hydroxyl groups excluding tert-OH is 1.